The Bertz CT molecular complexity index is 1210. The van der Waals surface area contributed by atoms with Gasteiger partial charge >= 0.3 is 0 Å². The average Bonchev–Trinajstić information content (AvgIpc) is 2.90. The molecule has 7 nitrogen and oxygen atoms in total. The van der Waals surface area contributed by atoms with Crippen LogP contribution in [-0.4, -0.2) is 48.2 Å². The predicted molar refractivity (Wildman–Crippen MR) is 143 cm³/mol. The summed E-state index contributed by atoms with van der Waals surface area (Å²) in [7, 11) is 1.60. The molecule has 1 aliphatic heterocycles. The molecule has 0 bridgehead atoms. The Kier molecular flexibility index (Phi) is 7.95. The zero-order valence-electron chi connectivity index (χ0n) is 21.7. The Morgan fingerprint density at radius 2 is 1.70 bits per heavy atom. The second kappa shape index (κ2) is 11.2. The van der Waals surface area contributed by atoms with Crippen LogP contribution in [0.5, 0.6) is 5.75 Å². The first-order valence-electron chi connectivity index (χ1n) is 12.4. The molecule has 4 rings (SSSR count). The van der Waals surface area contributed by atoms with Crippen LogP contribution in [-0.2, 0) is 21.5 Å². The third-order valence-corrected chi connectivity index (χ3v) is 6.63. The highest BCUT2D eigenvalue weighted by Gasteiger charge is 2.34. The van der Waals surface area contributed by atoms with E-state index in [0.717, 1.165) is 16.9 Å². The van der Waals surface area contributed by atoms with Gasteiger partial charge in [-0.05, 0) is 58.5 Å². The maximum atomic E-state index is 12.7. The summed E-state index contributed by atoms with van der Waals surface area (Å²) < 4.78 is 10.7. The number of carbonyl (C=O) groups excluding carboxylic acids is 2. The molecule has 2 N–H and O–H groups in total. The van der Waals surface area contributed by atoms with Crippen molar-refractivity contribution in [2.24, 2.45) is 0 Å². The number of nitrogens with zero attached hydrogens (tertiary/aromatic N) is 1. The number of rotatable bonds is 7. The first-order valence-corrected chi connectivity index (χ1v) is 12.4. The largest absolute Gasteiger partial charge is 0.497 e. The van der Waals surface area contributed by atoms with Gasteiger partial charge < -0.3 is 24.8 Å². The van der Waals surface area contributed by atoms with Gasteiger partial charge in [0.15, 0.2) is 0 Å². The first-order chi connectivity index (χ1) is 17.7. The summed E-state index contributed by atoms with van der Waals surface area (Å²) >= 11 is 0. The molecule has 1 aliphatic rings. The number of carbonyl (C=O) groups is 2. The van der Waals surface area contributed by atoms with Gasteiger partial charge in [0, 0.05) is 17.8 Å². The van der Waals surface area contributed by atoms with Crippen LogP contribution in [0.15, 0.2) is 72.8 Å². The van der Waals surface area contributed by atoms with E-state index in [1.165, 1.54) is 0 Å². The minimum absolute atomic E-state index is 0.0128. The van der Waals surface area contributed by atoms with Crippen molar-refractivity contribution < 1.29 is 24.2 Å². The average molecular weight is 503 g/mol. The van der Waals surface area contributed by atoms with Crippen LogP contribution in [0.3, 0.4) is 0 Å². The van der Waals surface area contributed by atoms with Crippen LogP contribution in [0.1, 0.15) is 53.9 Å². The molecule has 0 unspecified atom stereocenters. The number of hydrogen-bond acceptors (Lipinski definition) is 5. The van der Waals surface area contributed by atoms with E-state index in [4.69, 9.17) is 9.47 Å². The van der Waals surface area contributed by atoms with Crippen molar-refractivity contribution in [2.45, 2.75) is 44.9 Å². The fourth-order valence-electron chi connectivity index (χ4n) is 4.33. The molecular formula is C30H34N2O5. The van der Waals surface area contributed by atoms with Crippen molar-refractivity contribution in [1.29, 1.82) is 0 Å². The number of methoxy groups -OCH3 is 1. The highest BCUT2D eigenvalue weighted by atomic mass is 16.5. The van der Waals surface area contributed by atoms with Gasteiger partial charge in [0.05, 0.1) is 19.8 Å². The van der Waals surface area contributed by atoms with Crippen molar-refractivity contribution in [1.82, 2.24) is 4.90 Å². The minimum atomic E-state index is -0.947. The molecule has 1 heterocycles. The third kappa shape index (κ3) is 6.37. The Morgan fingerprint density at radius 1 is 1.05 bits per heavy atom. The summed E-state index contributed by atoms with van der Waals surface area (Å²) in [6.45, 7) is 6.96. The summed E-state index contributed by atoms with van der Waals surface area (Å²) in [5, 5.41) is 14.1. The number of benzene rings is 3. The Balaban J connectivity index is 1.43. The van der Waals surface area contributed by atoms with Gasteiger partial charge in [-0.3, -0.25) is 9.59 Å². The van der Waals surface area contributed by atoms with Crippen LogP contribution in [0, 0.1) is 0 Å². The lowest BCUT2D eigenvalue weighted by Crippen LogP contribution is -2.51. The second-order valence-corrected chi connectivity index (χ2v) is 10.3. The number of aliphatic hydroxyl groups is 1. The van der Waals surface area contributed by atoms with Gasteiger partial charge in [-0.25, -0.2) is 0 Å². The van der Waals surface area contributed by atoms with Gasteiger partial charge in [0.1, 0.15) is 18.5 Å². The normalized spacial score (nSPS) is 16.8. The summed E-state index contributed by atoms with van der Waals surface area (Å²) in [6.07, 6.45) is -0.947. The van der Waals surface area contributed by atoms with Crippen LogP contribution in [0.4, 0.5) is 5.69 Å². The van der Waals surface area contributed by atoms with E-state index in [0.29, 0.717) is 23.4 Å². The molecule has 0 saturated carbocycles. The molecule has 2 atom stereocenters. The van der Waals surface area contributed by atoms with E-state index in [1.54, 1.807) is 36.3 Å². The van der Waals surface area contributed by atoms with Crippen molar-refractivity contribution >= 4 is 17.5 Å². The van der Waals surface area contributed by atoms with Crippen LogP contribution < -0.4 is 10.1 Å². The van der Waals surface area contributed by atoms with Crippen LogP contribution in [0.2, 0.25) is 0 Å². The van der Waals surface area contributed by atoms with E-state index >= 15 is 0 Å². The molecule has 3 aromatic carbocycles. The Hall–Kier alpha value is -3.68. The Labute approximate surface area is 218 Å². The highest BCUT2D eigenvalue weighted by Crippen LogP contribution is 2.27. The van der Waals surface area contributed by atoms with Gasteiger partial charge in [-0.2, -0.15) is 0 Å². The summed E-state index contributed by atoms with van der Waals surface area (Å²) in [4.78, 5) is 27.0. The molecule has 3 aromatic rings. The molecule has 0 spiro atoms. The number of nitrogens with one attached hydrogen (secondary N) is 1. The van der Waals surface area contributed by atoms with Crippen LogP contribution >= 0.6 is 0 Å². The molecule has 0 radical (unpaired) electrons. The second-order valence-electron chi connectivity index (χ2n) is 10.3. The molecule has 2 amide bonds. The van der Waals surface area contributed by atoms with Crippen molar-refractivity contribution in [2.75, 3.05) is 25.6 Å². The zero-order valence-corrected chi connectivity index (χ0v) is 21.7. The quantitative estimate of drug-likeness (QED) is 0.489. The topological polar surface area (TPSA) is 88.1 Å². The lowest BCUT2D eigenvalue weighted by molar-refractivity contribution is -0.155. The fourth-order valence-corrected chi connectivity index (χ4v) is 4.33. The van der Waals surface area contributed by atoms with Crippen molar-refractivity contribution in [3.63, 3.8) is 0 Å². The molecule has 0 aromatic heterocycles. The number of anilines is 1. The van der Waals surface area contributed by atoms with Gasteiger partial charge in [-0.1, -0.05) is 57.2 Å². The molecule has 7 heteroatoms. The lowest BCUT2D eigenvalue weighted by Gasteiger charge is -2.38. The highest BCUT2D eigenvalue weighted by molar-refractivity contribution is 6.04. The maximum absolute atomic E-state index is 12.7. The predicted octanol–water partition coefficient (Wildman–Crippen LogP) is 4.71. The number of hydrogen-bond donors (Lipinski definition) is 2. The smallest absolute Gasteiger partial charge is 0.255 e. The molecule has 194 valence electrons. The van der Waals surface area contributed by atoms with Gasteiger partial charge in [0.2, 0.25) is 5.91 Å². The number of amides is 2. The fraction of sp³-hybridized carbons (Fsp3) is 0.333. The number of morpholine rings is 1. The van der Waals surface area contributed by atoms with E-state index in [2.05, 4.69) is 26.1 Å². The molecule has 37 heavy (non-hydrogen) atoms. The minimum Gasteiger partial charge on any atom is -0.497 e. The lowest BCUT2D eigenvalue weighted by atomic mass is 9.87. The van der Waals surface area contributed by atoms with Crippen molar-refractivity contribution in [3.8, 4) is 5.75 Å². The SMILES string of the molecule is COc1ccc(CN2C(=O)COC[C@@H]2[C@H](O)c2ccc(NC(=O)c3ccc(C(C)(C)C)cc3)cc2)cc1. The van der Waals surface area contributed by atoms with E-state index in [-0.39, 0.29) is 30.4 Å². The molecule has 0 aliphatic carbocycles. The molecule has 1 saturated heterocycles. The van der Waals surface area contributed by atoms with E-state index in [9.17, 15) is 14.7 Å². The monoisotopic (exact) mass is 502 g/mol. The van der Waals surface area contributed by atoms with Crippen LogP contribution in [0.25, 0.3) is 0 Å². The number of aliphatic hydroxyl groups excluding tert-OH is 1. The standard InChI is InChI=1S/C30H34N2O5/c1-30(2,3)23-11-7-22(8-12-23)29(35)31-24-13-9-21(10-14-24)28(34)26-18-37-19-27(33)32(26)17-20-5-15-25(36-4)16-6-20/h5-16,26,28,34H,17-19H2,1-4H3,(H,31,35)/t26-,28-/m1/s1. The first kappa shape index (κ1) is 26.4. The van der Waals surface area contributed by atoms with E-state index < -0.39 is 12.1 Å². The van der Waals surface area contributed by atoms with E-state index in [1.807, 2.05) is 48.5 Å². The summed E-state index contributed by atoms with van der Waals surface area (Å²) in [5.41, 5.74) is 3.94. The molecule has 1 fully saturated rings. The summed E-state index contributed by atoms with van der Waals surface area (Å²) in [5.74, 6) is 0.362. The summed E-state index contributed by atoms with van der Waals surface area (Å²) in [6, 6.07) is 21.6. The molecular weight excluding hydrogens is 468 g/mol. The number of ether oxygens (including phenoxy) is 2. The van der Waals surface area contributed by atoms with Gasteiger partial charge in [-0.15, -0.1) is 0 Å². The zero-order chi connectivity index (χ0) is 26.6. The van der Waals surface area contributed by atoms with Crippen molar-refractivity contribution in [3.05, 3.63) is 95.1 Å². The Morgan fingerprint density at radius 3 is 2.30 bits per heavy atom. The van der Waals surface area contributed by atoms with Gasteiger partial charge in [0.25, 0.3) is 5.91 Å². The maximum Gasteiger partial charge on any atom is 0.255 e. The third-order valence-electron chi connectivity index (χ3n) is 6.63.